The van der Waals surface area contributed by atoms with E-state index < -0.39 is 0 Å². The Hall–Kier alpha value is -1.56. The van der Waals surface area contributed by atoms with Crippen LogP contribution in [0.25, 0.3) is 0 Å². The smallest absolute Gasteiger partial charge is 0.0622 e. The average molecular weight is 1160 g/mol. The van der Waals surface area contributed by atoms with Gasteiger partial charge in [-0.3, -0.25) is 0 Å². The van der Waals surface area contributed by atoms with Gasteiger partial charge in [0.15, 0.2) is 0 Å². The fraction of sp³-hybridized carbons (Fsp3) is 0.855. The highest BCUT2D eigenvalue weighted by Crippen LogP contribution is 2.65. The van der Waals surface area contributed by atoms with Crippen LogP contribution in [0.2, 0.25) is 0 Å². The van der Waals surface area contributed by atoms with Gasteiger partial charge in [0.2, 0.25) is 0 Å². The summed E-state index contributed by atoms with van der Waals surface area (Å²) >= 11 is 0. The summed E-state index contributed by atoms with van der Waals surface area (Å²) in [5.41, 5.74) is 5.30. The Morgan fingerprint density at radius 3 is 0.976 bits per heavy atom. The molecule has 0 nitrogen and oxygen atoms in total. The Balaban J connectivity index is 0.000000353. The highest BCUT2D eigenvalue weighted by molar-refractivity contribution is 5.27. The van der Waals surface area contributed by atoms with E-state index >= 15 is 0 Å². The molecular formula is C83H152. The second-order valence-electron chi connectivity index (χ2n) is 37.5. The van der Waals surface area contributed by atoms with Gasteiger partial charge in [0, 0.05) is 4.11 Å². The van der Waals surface area contributed by atoms with Gasteiger partial charge in [-0.05, 0) is 209 Å². The highest BCUT2D eigenvalue weighted by Gasteiger charge is 2.55. The van der Waals surface area contributed by atoms with Gasteiger partial charge in [-0.2, -0.15) is 0 Å². The number of benzene rings is 2. The summed E-state index contributed by atoms with van der Waals surface area (Å²) in [6.07, 6.45) is 33.5. The summed E-state index contributed by atoms with van der Waals surface area (Å²) in [6, 6.07) is 10.7. The van der Waals surface area contributed by atoms with Crippen LogP contribution in [0.4, 0.5) is 0 Å². The number of hydrogen-bond donors (Lipinski definition) is 0. The van der Waals surface area contributed by atoms with Gasteiger partial charge >= 0.3 is 0 Å². The first-order chi connectivity index (χ1) is 40.4. The van der Waals surface area contributed by atoms with E-state index in [-0.39, 0.29) is 68.9 Å². The molecule has 8 aliphatic carbocycles. The van der Waals surface area contributed by atoms with Crippen LogP contribution in [0.15, 0.2) is 54.5 Å². The van der Waals surface area contributed by atoms with Crippen molar-refractivity contribution in [2.24, 2.45) is 90.6 Å². The largest absolute Gasteiger partial charge is 0.0629 e. The average Bonchev–Trinajstić information content (AvgIpc) is 1.36. The molecule has 0 atom stereocenters. The maximum absolute atomic E-state index is 8.27. The summed E-state index contributed by atoms with van der Waals surface area (Å²) in [5.74, 6) is 4.72. The van der Waals surface area contributed by atoms with E-state index in [1.54, 1.807) is 45.4 Å². The van der Waals surface area contributed by atoms with Crippen molar-refractivity contribution in [1.82, 2.24) is 0 Å². The van der Waals surface area contributed by atoms with Crippen molar-refractivity contribution >= 4 is 0 Å². The first-order valence-corrected chi connectivity index (χ1v) is 35.0. The summed E-state index contributed by atoms with van der Waals surface area (Å²) in [6.45, 7) is 63.7. The molecule has 2 aromatic rings. The minimum absolute atomic E-state index is 0.00185. The van der Waals surface area contributed by atoms with Crippen molar-refractivity contribution in [3.8, 4) is 0 Å². The summed E-state index contributed by atoms with van der Waals surface area (Å²) in [7, 11) is 0. The lowest BCUT2D eigenvalue weighted by Gasteiger charge is -2.62. The van der Waals surface area contributed by atoms with E-state index in [2.05, 4.69) is 197 Å². The van der Waals surface area contributed by atoms with Crippen molar-refractivity contribution in [3.63, 3.8) is 0 Å². The van der Waals surface area contributed by atoms with E-state index in [4.69, 9.17) is 9.60 Å². The van der Waals surface area contributed by atoms with Crippen LogP contribution < -0.4 is 0 Å². The van der Waals surface area contributed by atoms with Gasteiger partial charge < -0.3 is 0 Å². The molecule has 0 N–H and O–H groups in total. The monoisotopic (exact) mass is 1160 g/mol. The van der Waals surface area contributed by atoms with Crippen LogP contribution in [0.3, 0.4) is 0 Å². The maximum atomic E-state index is 8.27. The van der Waals surface area contributed by atoms with Crippen LogP contribution in [0.1, 0.15) is 374 Å². The van der Waals surface area contributed by atoms with E-state index in [9.17, 15) is 0 Å². The molecule has 0 amide bonds. The molecule has 0 aliphatic heterocycles. The van der Waals surface area contributed by atoms with Gasteiger partial charge in [-0.15, -0.1) is 0 Å². The molecule has 83 heavy (non-hydrogen) atoms. The molecule has 0 heterocycles. The lowest BCUT2D eigenvalue weighted by molar-refractivity contribution is -0.113. The van der Waals surface area contributed by atoms with Gasteiger partial charge in [0.1, 0.15) is 0 Å². The molecule has 0 radical (unpaired) electrons. The van der Waals surface area contributed by atoms with Crippen LogP contribution in [-0.2, 0) is 10.8 Å². The van der Waals surface area contributed by atoms with Gasteiger partial charge in [-0.1, -0.05) is 318 Å². The summed E-state index contributed by atoms with van der Waals surface area (Å²) < 4.78 is 55.6. The van der Waals surface area contributed by atoms with Crippen molar-refractivity contribution < 1.29 is 9.60 Å². The van der Waals surface area contributed by atoms with Crippen molar-refractivity contribution in [2.75, 3.05) is 0 Å². The SMILES string of the molecule is CC(C)(C)C12CC3CC(CC(C3)C1)C2.CC(C)(C)C1CCCC1.CC(C)(C)C1CCCCC1.CC(C)(C)c1ccccc1.[2H]C(C)(C(C)(C)C)C(C)(C)C.[2H]C1(C(C)(C)C)CCCC1.[2H]C1(C(C)(C)C)CCCCC1.[2H]c1c([2H])c(C)c([2H])c(C(C)(C)C)c1[2H]. The first-order valence-electron chi connectivity index (χ1n) is 38.5. The molecule has 8 saturated carbocycles. The minimum Gasteiger partial charge on any atom is -0.0622 e. The maximum Gasteiger partial charge on any atom is 0.0629 e. The van der Waals surface area contributed by atoms with Gasteiger partial charge in [0.25, 0.3) is 0 Å². The Kier molecular flexibility index (Phi) is 26.0. The van der Waals surface area contributed by atoms with Crippen molar-refractivity contribution in [2.45, 2.75) is 366 Å². The Morgan fingerprint density at radius 2 is 0.735 bits per heavy atom. The molecule has 0 saturated heterocycles. The Labute approximate surface area is 534 Å². The van der Waals surface area contributed by atoms with Crippen LogP contribution in [-0.4, -0.2) is 0 Å². The molecule has 8 aliphatic rings. The van der Waals surface area contributed by atoms with E-state index in [0.717, 1.165) is 60.7 Å². The lowest BCUT2D eigenvalue weighted by atomic mass is 9.43. The first kappa shape index (κ1) is 65.9. The predicted molar refractivity (Wildman–Crippen MR) is 378 cm³/mol. The fourth-order valence-electron chi connectivity index (χ4n) is 14.9. The normalized spacial score (nSPS) is 25.9. The molecule has 0 aromatic heterocycles. The molecule has 484 valence electrons. The Bertz CT molecular complexity index is 2290. The van der Waals surface area contributed by atoms with Gasteiger partial charge in [0.05, 0.1) is 5.48 Å². The molecule has 0 heteroatoms. The fourth-order valence-corrected chi connectivity index (χ4v) is 14.9. The highest BCUT2D eigenvalue weighted by atomic mass is 14.6. The number of hydrogen-bond acceptors (Lipinski definition) is 0. The standard InChI is InChI=1S/C14H24.C11H16.2C10H20.C10H14.C10H22.2C9H18/c1-13(2,3)14-7-10-4-11(8-14)6-12(5-10)9-14;1-9-6-5-7-10(8-9)11(2,3)4;3*1-10(2,3)9-7-5-4-6-8-9;1-8(9(2,3)4)10(5,6)7;2*1-9(2,3)8-6-4-5-7-8/h10-12H,4-9H2,1-3H3;5-8H,1-4H3;2*9H,4-8H2,1-3H3;4-8H,1-3H3;8H,1-7H3;2*8H,4-7H2,1-3H3/i;5D,6D,7D,8D;9D;;;2*8D;. The summed E-state index contributed by atoms with van der Waals surface area (Å²) in [4.78, 5) is 0. The molecule has 8 fully saturated rings. The minimum atomic E-state index is -0.375. The third kappa shape index (κ3) is 29.1. The van der Waals surface area contributed by atoms with E-state index in [0.29, 0.717) is 32.8 Å². The molecule has 10 rings (SSSR count). The van der Waals surface area contributed by atoms with Crippen LogP contribution in [0, 0.1) is 97.5 Å². The lowest BCUT2D eigenvalue weighted by Crippen LogP contribution is -2.51. The van der Waals surface area contributed by atoms with Crippen molar-refractivity contribution in [1.29, 1.82) is 0 Å². The Morgan fingerprint density at radius 1 is 0.422 bits per heavy atom. The topological polar surface area (TPSA) is 0 Å². The molecule has 0 unspecified atom stereocenters. The molecule has 0 spiro atoms. The molecule has 2 aromatic carbocycles. The number of rotatable bonds is 0. The zero-order chi connectivity index (χ0) is 69.9. The molecular weight excluding hydrogens is 997 g/mol. The summed E-state index contributed by atoms with van der Waals surface area (Å²) in [5, 5.41) is 0. The quantitative estimate of drug-likeness (QED) is 0.247. The predicted octanol–water partition coefficient (Wildman–Crippen LogP) is 27.9. The second kappa shape index (κ2) is 32.8. The molecule has 4 bridgehead atoms. The van der Waals surface area contributed by atoms with Crippen LogP contribution >= 0.6 is 0 Å². The van der Waals surface area contributed by atoms with E-state index in [1.807, 2.05) is 27.7 Å². The third-order valence-electron chi connectivity index (χ3n) is 21.2. The third-order valence-corrected chi connectivity index (χ3v) is 21.2. The zero-order valence-corrected chi connectivity index (χ0v) is 61.7. The zero-order valence-electron chi connectivity index (χ0n) is 68.7. The van der Waals surface area contributed by atoms with E-state index in [1.165, 1.54) is 95.5 Å². The van der Waals surface area contributed by atoms with Gasteiger partial charge in [-0.25, -0.2) is 0 Å². The van der Waals surface area contributed by atoms with Crippen LogP contribution in [0.5, 0.6) is 0 Å². The van der Waals surface area contributed by atoms with Crippen molar-refractivity contribution in [3.05, 3.63) is 71.2 Å². The second-order valence-corrected chi connectivity index (χ2v) is 37.5.